The molecule has 1 aliphatic heterocycles. The Labute approximate surface area is 139 Å². The Bertz CT molecular complexity index is 667. The molecule has 126 valence electrons. The molecule has 1 fully saturated rings. The first-order chi connectivity index (χ1) is 11.7. The van der Waals surface area contributed by atoms with E-state index in [1.807, 2.05) is 0 Å². The lowest BCUT2D eigenvalue weighted by Gasteiger charge is -2.32. The zero-order valence-electron chi connectivity index (χ0n) is 13.1. The van der Waals surface area contributed by atoms with Crippen LogP contribution in [0.25, 0.3) is 0 Å². The van der Waals surface area contributed by atoms with E-state index in [0.717, 1.165) is 12.8 Å². The molecule has 1 saturated heterocycles. The number of carbonyl (C=O) groups is 1. The van der Waals surface area contributed by atoms with E-state index in [2.05, 4.69) is 10.2 Å². The molecule has 1 aromatic carbocycles. The van der Waals surface area contributed by atoms with Gasteiger partial charge in [0.2, 0.25) is 5.88 Å². The summed E-state index contributed by atoms with van der Waals surface area (Å²) >= 11 is 0. The minimum atomic E-state index is -0.339. The second kappa shape index (κ2) is 7.72. The average molecular weight is 331 g/mol. The highest BCUT2D eigenvalue weighted by atomic mass is 19.1. The SMILES string of the molecule is O=C(COc1ccc(F)cc1)N1CCCC(Oc2cccnn2)C1. The van der Waals surface area contributed by atoms with Crippen LogP contribution < -0.4 is 9.47 Å². The number of carbonyl (C=O) groups excluding carboxylic acids is 1. The van der Waals surface area contributed by atoms with Crippen molar-refractivity contribution < 1.29 is 18.7 Å². The molecule has 0 saturated carbocycles. The normalized spacial score (nSPS) is 17.4. The van der Waals surface area contributed by atoms with E-state index >= 15 is 0 Å². The first-order valence-electron chi connectivity index (χ1n) is 7.81. The quantitative estimate of drug-likeness (QED) is 0.839. The van der Waals surface area contributed by atoms with Gasteiger partial charge in [-0.1, -0.05) is 0 Å². The average Bonchev–Trinajstić information content (AvgIpc) is 2.62. The van der Waals surface area contributed by atoms with Crippen LogP contribution in [-0.2, 0) is 4.79 Å². The Morgan fingerprint density at radius 2 is 2.12 bits per heavy atom. The summed E-state index contributed by atoms with van der Waals surface area (Å²) < 4.78 is 24.0. The van der Waals surface area contributed by atoms with E-state index in [-0.39, 0.29) is 24.4 Å². The van der Waals surface area contributed by atoms with E-state index < -0.39 is 0 Å². The predicted molar refractivity (Wildman–Crippen MR) is 84.2 cm³/mol. The Morgan fingerprint density at radius 1 is 1.29 bits per heavy atom. The van der Waals surface area contributed by atoms with Gasteiger partial charge in [-0.3, -0.25) is 4.79 Å². The summed E-state index contributed by atoms with van der Waals surface area (Å²) in [6.07, 6.45) is 3.19. The number of hydrogen-bond donors (Lipinski definition) is 0. The molecule has 1 aromatic heterocycles. The molecule has 0 N–H and O–H groups in total. The van der Waals surface area contributed by atoms with E-state index in [4.69, 9.17) is 9.47 Å². The topological polar surface area (TPSA) is 64.5 Å². The van der Waals surface area contributed by atoms with Crippen LogP contribution in [0.1, 0.15) is 12.8 Å². The highest BCUT2D eigenvalue weighted by Gasteiger charge is 2.25. The van der Waals surface area contributed by atoms with Gasteiger partial charge in [-0.25, -0.2) is 4.39 Å². The summed E-state index contributed by atoms with van der Waals surface area (Å²) in [7, 11) is 0. The number of aromatic nitrogens is 2. The first-order valence-corrected chi connectivity index (χ1v) is 7.81. The molecule has 2 heterocycles. The Balaban J connectivity index is 1.50. The number of piperidine rings is 1. The minimum absolute atomic E-state index is 0.0799. The molecule has 6 nitrogen and oxygen atoms in total. The van der Waals surface area contributed by atoms with Crippen molar-refractivity contribution in [2.75, 3.05) is 19.7 Å². The molecule has 0 aliphatic carbocycles. The van der Waals surface area contributed by atoms with Gasteiger partial charge in [0.15, 0.2) is 6.61 Å². The van der Waals surface area contributed by atoms with Crippen LogP contribution >= 0.6 is 0 Å². The lowest BCUT2D eigenvalue weighted by molar-refractivity contribution is -0.136. The third-order valence-electron chi connectivity index (χ3n) is 3.74. The Kier molecular flexibility index (Phi) is 5.20. The number of rotatable bonds is 5. The molecule has 7 heteroatoms. The van der Waals surface area contributed by atoms with Gasteiger partial charge in [-0.15, -0.1) is 5.10 Å². The van der Waals surface area contributed by atoms with Gasteiger partial charge in [-0.05, 0) is 43.2 Å². The summed E-state index contributed by atoms with van der Waals surface area (Å²) in [5.74, 6) is 0.467. The number of hydrogen-bond acceptors (Lipinski definition) is 5. The Morgan fingerprint density at radius 3 is 2.88 bits per heavy atom. The monoisotopic (exact) mass is 331 g/mol. The highest BCUT2D eigenvalue weighted by Crippen LogP contribution is 2.17. The van der Waals surface area contributed by atoms with Gasteiger partial charge in [0.25, 0.3) is 5.91 Å². The number of halogens is 1. The van der Waals surface area contributed by atoms with Crippen molar-refractivity contribution in [3.05, 3.63) is 48.4 Å². The van der Waals surface area contributed by atoms with Crippen LogP contribution in [0.15, 0.2) is 42.6 Å². The van der Waals surface area contributed by atoms with Crippen LogP contribution in [0.2, 0.25) is 0 Å². The summed E-state index contributed by atoms with van der Waals surface area (Å²) in [5.41, 5.74) is 0. The van der Waals surface area contributed by atoms with Crippen LogP contribution in [0, 0.1) is 5.82 Å². The molecule has 0 radical (unpaired) electrons. The summed E-state index contributed by atoms with van der Waals surface area (Å²) in [4.78, 5) is 14.0. The van der Waals surface area contributed by atoms with E-state index in [1.165, 1.54) is 24.3 Å². The zero-order valence-corrected chi connectivity index (χ0v) is 13.1. The van der Waals surface area contributed by atoms with Gasteiger partial charge in [-0.2, -0.15) is 5.10 Å². The second-order valence-corrected chi connectivity index (χ2v) is 5.53. The van der Waals surface area contributed by atoms with Crippen LogP contribution in [0.5, 0.6) is 11.6 Å². The third-order valence-corrected chi connectivity index (χ3v) is 3.74. The summed E-state index contributed by atoms with van der Waals surface area (Å²) in [5, 5.41) is 7.67. The molecule has 24 heavy (non-hydrogen) atoms. The van der Waals surface area contributed by atoms with Gasteiger partial charge in [0.05, 0.1) is 6.54 Å². The number of nitrogens with zero attached hydrogens (tertiary/aromatic N) is 3. The van der Waals surface area contributed by atoms with Gasteiger partial charge in [0, 0.05) is 18.8 Å². The number of benzene rings is 1. The van der Waals surface area contributed by atoms with Crippen molar-refractivity contribution in [2.45, 2.75) is 18.9 Å². The minimum Gasteiger partial charge on any atom is -0.484 e. The van der Waals surface area contributed by atoms with Crippen molar-refractivity contribution >= 4 is 5.91 Å². The van der Waals surface area contributed by atoms with Gasteiger partial charge < -0.3 is 14.4 Å². The molecule has 3 rings (SSSR count). The van der Waals surface area contributed by atoms with Crippen molar-refractivity contribution in [2.24, 2.45) is 0 Å². The zero-order chi connectivity index (χ0) is 16.8. The van der Waals surface area contributed by atoms with Crippen LogP contribution in [0.4, 0.5) is 4.39 Å². The van der Waals surface area contributed by atoms with Crippen LogP contribution in [0.3, 0.4) is 0 Å². The third kappa shape index (κ3) is 4.41. The fraction of sp³-hybridized carbons (Fsp3) is 0.353. The van der Waals surface area contributed by atoms with Gasteiger partial charge >= 0.3 is 0 Å². The van der Waals surface area contributed by atoms with Crippen molar-refractivity contribution in [1.82, 2.24) is 15.1 Å². The second-order valence-electron chi connectivity index (χ2n) is 5.53. The van der Waals surface area contributed by atoms with Crippen molar-refractivity contribution in [3.63, 3.8) is 0 Å². The van der Waals surface area contributed by atoms with E-state index in [1.54, 1.807) is 23.2 Å². The molecular formula is C17H18FN3O3. The standard InChI is InChI=1S/C17H18FN3O3/c18-13-5-7-14(8-6-13)23-12-17(22)21-10-2-3-15(11-21)24-16-4-1-9-19-20-16/h1,4-9,15H,2-3,10-12H2. The molecule has 0 bridgehead atoms. The lowest BCUT2D eigenvalue weighted by Crippen LogP contribution is -2.46. The molecule has 2 aromatic rings. The number of likely N-dealkylation sites (tertiary alicyclic amines) is 1. The van der Waals surface area contributed by atoms with Gasteiger partial charge in [0.1, 0.15) is 17.7 Å². The molecule has 1 atom stereocenters. The fourth-order valence-corrected chi connectivity index (χ4v) is 2.55. The summed E-state index contributed by atoms with van der Waals surface area (Å²) in [6.45, 7) is 1.08. The largest absolute Gasteiger partial charge is 0.484 e. The maximum atomic E-state index is 12.8. The smallest absolute Gasteiger partial charge is 0.260 e. The molecular weight excluding hydrogens is 313 g/mol. The van der Waals surface area contributed by atoms with Crippen molar-refractivity contribution in [1.29, 1.82) is 0 Å². The molecule has 1 amide bonds. The van der Waals surface area contributed by atoms with Crippen LogP contribution in [-0.4, -0.2) is 46.8 Å². The highest BCUT2D eigenvalue weighted by molar-refractivity contribution is 5.77. The number of amides is 1. The lowest BCUT2D eigenvalue weighted by atomic mass is 10.1. The fourth-order valence-electron chi connectivity index (χ4n) is 2.55. The Hall–Kier alpha value is -2.70. The summed E-state index contributed by atoms with van der Waals surface area (Å²) in [6, 6.07) is 9.09. The number of ether oxygens (including phenoxy) is 2. The maximum Gasteiger partial charge on any atom is 0.260 e. The maximum absolute atomic E-state index is 12.8. The van der Waals surface area contributed by atoms with Crippen molar-refractivity contribution in [3.8, 4) is 11.6 Å². The molecule has 0 spiro atoms. The molecule has 1 aliphatic rings. The van der Waals surface area contributed by atoms with E-state index in [0.29, 0.717) is 24.7 Å². The predicted octanol–water partition coefficient (Wildman–Crippen LogP) is 2.06. The first kappa shape index (κ1) is 16.2. The van der Waals surface area contributed by atoms with E-state index in [9.17, 15) is 9.18 Å². The molecule has 1 unspecified atom stereocenters.